The van der Waals surface area contributed by atoms with Gasteiger partial charge >= 0.3 is 6.01 Å². The van der Waals surface area contributed by atoms with E-state index in [1.54, 1.807) is 19.2 Å². The molecule has 1 unspecified atom stereocenters. The predicted octanol–water partition coefficient (Wildman–Crippen LogP) is 4.60. The van der Waals surface area contributed by atoms with Gasteiger partial charge < -0.3 is 19.7 Å². The average Bonchev–Trinajstić information content (AvgIpc) is 3.74. The van der Waals surface area contributed by atoms with Crippen LogP contribution in [0, 0.1) is 23.1 Å². The summed E-state index contributed by atoms with van der Waals surface area (Å²) in [4.78, 5) is 29.9. The van der Waals surface area contributed by atoms with Crippen LogP contribution >= 0.6 is 0 Å². The number of hydrogen-bond donors (Lipinski definition) is 1. The monoisotopic (exact) mass is 616 g/mol. The lowest BCUT2D eigenvalue weighted by atomic mass is 9.68. The molecule has 4 fully saturated rings. The Morgan fingerprint density at radius 2 is 1.93 bits per heavy atom. The van der Waals surface area contributed by atoms with Gasteiger partial charge in [0.2, 0.25) is 5.91 Å². The number of halogens is 1. The normalized spacial score (nSPS) is 23.0. The molecule has 45 heavy (non-hydrogen) atoms. The number of aromatic nitrogens is 5. The van der Waals surface area contributed by atoms with E-state index < -0.39 is 0 Å². The maximum Gasteiger partial charge on any atom is 0.316 e. The highest BCUT2D eigenvalue weighted by molar-refractivity contribution is 5.74. The highest BCUT2D eigenvalue weighted by Crippen LogP contribution is 2.49. The van der Waals surface area contributed by atoms with Gasteiger partial charge in [-0.05, 0) is 62.1 Å². The molecule has 1 N–H and O–H groups in total. The molecule has 2 aliphatic heterocycles. The van der Waals surface area contributed by atoms with Crippen LogP contribution in [0.3, 0.4) is 0 Å². The molecule has 1 amide bonds. The molecule has 2 aromatic heterocycles. The number of rotatable bonds is 10. The SMILES string of the molecule is COc1ncc(-c2cc(F)ccc2Oc2nncnc2N2CCC3(C2)CN(C(C(C)C)C2CC(NC(C)=O)C2)C3)c(C2CC2)n1. The number of nitrogens with one attached hydrogen (secondary N) is 1. The first-order valence-corrected chi connectivity index (χ1v) is 16.0. The van der Waals surface area contributed by atoms with Gasteiger partial charge in [0.05, 0.1) is 12.8 Å². The largest absolute Gasteiger partial charge is 0.467 e. The number of nitrogens with zero attached hydrogens (tertiary/aromatic N) is 7. The van der Waals surface area contributed by atoms with E-state index in [2.05, 4.69) is 54.1 Å². The van der Waals surface area contributed by atoms with E-state index in [0.29, 0.717) is 52.9 Å². The number of amides is 1. The van der Waals surface area contributed by atoms with Crippen LogP contribution in [0.4, 0.5) is 10.2 Å². The average molecular weight is 617 g/mol. The van der Waals surface area contributed by atoms with Gasteiger partial charge in [0.1, 0.15) is 17.9 Å². The Morgan fingerprint density at radius 1 is 1.13 bits per heavy atom. The number of ether oxygens (including phenoxy) is 2. The molecule has 0 bridgehead atoms. The summed E-state index contributed by atoms with van der Waals surface area (Å²) in [5.41, 5.74) is 2.30. The Morgan fingerprint density at radius 3 is 2.64 bits per heavy atom. The Kier molecular flexibility index (Phi) is 7.79. The van der Waals surface area contributed by atoms with Crippen molar-refractivity contribution in [2.24, 2.45) is 17.3 Å². The minimum Gasteiger partial charge on any atom is -0.467 e. The summed E-state index contributed by atoms with van der Waals surface area (Å²) in [5, 5.41) is 11.5. The van der Waals surface area contributed by atoms with Crippen LogP contribution in [0.5, 0.6) is 17.6 Å². The van der Waals surface area contributed by atoms with E-state index in [4.69, 9.17) is 9.47 Å². The maximum atomic E-state index is 14.6. The van der Waals surface area contributed by atoms with E-state index in [-0.39, 0.29) is 23.1 Å². The third kappa shape index (κ3) is 5.92. The number of methoxy groups -OCH3 is 1. The summed E-state index contributed by atoms with van der Waals surface area (Å²) in [5.74, 6) is 2.50. The number of anilines is 1. The van der Waals surface area contributed by atoms with Crippen LogP contribution < -0.4 is 19.7 Å². The van der Waals surface area contributed by atoms with E-state index >= 15 is 0 Å². The van der Waals surface area contributed by atoms with Crippen molar-refractivity contribution in [2.45, 2.75) is 70.9 Å². The standard InChI is InChI=1S/C33H41FN8O3/c1-19(2)29(22-11-24(12-22)38-20(3)43)42-16-33(17-42)9-10-41(15-33)30-31(40-37-18-36-30)45-27-8-7-23(34)13-25(27)26-14-35-32(44-4)39-28(26)21-5-6-21/h7-8,13-14,18-19,21-22,24,29H,5-6,9-12,15-17H2,1-4H3,(H,38,43). The fourth-order valence-electron chi connectivity index (χ4n) is 7.81. The zero-order valence-corrected chi connectivity index (χ0v) is 26.4. The van der Waals surface area contributed by atoms with E-state index in [9.17, 15) is 9.18 Å². The van der Waals surface area contributed by atoms with Gasteiger partial charge in [-0.1, -0.05) is 13.8 Å². The number of carbonyl (C=O) groups is 1. The molecule has 1 spiro atoms. The molecule has 11 nitrogen and oxygen atoms in total. The highest BCUT2D eigenvalue weighted by Gasteiger charge is 2.53. The summed E-state index contributed by atoms with van der Waals surface area (Å²) in [6.45, 7) is 10.0. The van der Waals surface area contributed by atoms with Crippen molar-refractivity contribution in [3.8, 4) is 28.8 Å². The Balaban J connectivity index is 1.07. The first-order valence-electron chi connectivity index (χ1n) is 16.0. The van der Waals surface area contributed by atoms with Gasteiger partial charge in [0.15, 0.2) is 5.82 Å². The van der Waals surface area contributed by atoms with Crippen molar-refractivity contribution in [2.75, 3.05) is 38.2 Å². The smallest absolute Gasteiger partial charge is 0.316 e. The topological polar surface area (TPSA) is 118 Å². The Labute approximate surface area is 263 Å². The Bertz CT molecular complexity index is 1570. The summed E-state index contributed by atoms with van der Waals surface area (Å²) in [7, 11) is 1.54. The molecule has 4 heterocycles. The molecule has 2 saturated heterocycles. The first kappa shape index (κ1) is 29.8. The predicted molar refractivity (Wildman–Crippen MR) is 166 cm³/mol. The van der Waals surface area contributed by atoms with Gasteiger partial charge in [-0.25, -0.2) is 14.4 Å². The van der Waals surface area contributed by atoms with Gasteiger partial charge in [-0.15, -0.1) is 10.2 Å². The van der Waals surface area contributed by atoms with Crippen LogP contribution in [0.2, 0.25) is 0 Å². The van der Waals surface area contributed by atoms with Crippen LogP contribution in [0.25, 0.3) is 11.1 Å². The van der Waals surface area contributed by atoms with Crippen molar-refractivity contribution in [1.82, 2.24) is 35.4 Å². The maximum absolute atomic E-state index is 14.6. The van der Waals surface area contributed by atoms with E-state index in [1.165, 1.54) is 25.6 Å². The van der Waals surface area contributed by atoms with Crippen molar-refractivity contribution in [1.29, 1.82) is 0 Å². The van der Waals surface area contributed by atoms with Crippen molar-refractivity contribution in [3.05, 3.63) is 42.2 Å². The van der Waals surface area contributed by atoms with Crippen molar-refractivity contribution < 1.29 is 18.7 Å². The quantitative estimate of drug-likeness (QED) is 0.346. The fourth-order valence-corrected chi connectivity index (χ4v) is 7.81. The lowest BCUT2D eigenvalue weighted by Crippen LogP contribution is -2.65. The van der Waals surface area contributed by atoms with Crippen LogP contribution in [-0.2, 0) is 4.79 Å². The molecule has 3 aromatic rings. The molecule has 238 valence electrons. The second-order valence-electron chi connectivity index (χ2n) is 13.7. The lowest BCUT2D eigenvalue weighted by molar-refractivity contribution is -0.121. The molecule has 2 saturated carbocycles. The molecule has 0 radical (unpaired) electrons. The van der Waals surface area contributed by atoms with Crippen molar-refractivity contribution in [3.63, 3.8) is 0 Å². The highest BCUT2D eigenvalue weighted by atomic mass is 19.1. The van der Waals surface area contributed by atoms with E-state index in [1.807, 2.05) is 0 Å². The second-order valence-corrected chi connectivity index (χ2v) is 13.7. The third-order valence-corrected chi connectivity index (χ3v) is 9.94. The number of hydrogen-bond acceptors (Lipinski definition) is 10. The fraction of sp³-hybridized carbons (Fsp3) is 0.576. The number of benzene rings is 1. The van der Waals surface area contributed by atoms with Crippen LogP contribution in [0.1, 0.15) is 64.5 Å². The van der Waals surface area contributed by atoms with Gasteiger partial charge in [0, 0.05) is 73.8 Å². The summed E-state index contributed by atoms with van der Waals surface area (Å²) in [6, 6.07) is 5.57. The zero-order valence-electron chi connectivity index (χ0n) is 26.4. The molecular formula is C33H41FN8O3. The third-order valence-electron chi connectivity index (χ3n) is 9.94. The molecule has 1 aromatic carbocycles. The number of likely N-dealkylation sites (tertiary alicyclic amines) is 1. The molecule has 2 aliphatic carbocycles. The van der Waals surface area contributed by atoms with Crippen LogP contribution in [-0.4, -0.2) is 81.3 Å². The van der Waals surface area contributed by atoms with Crippen LogP contribution in [0.15, 0.2) is 30.7 Å². The van der Waals surface area contributed by atoms with Gasteiger partial charge in [-0.3, -0.25) is 9.69 Å². The molecule has 12 heteroatoms. The van der Waals surface area contributed by atoms with Gasteiger partial charge in [0.25, 0.3) is 5.88 Å². The summed E-state index contributed by atoms with van der Waals surface area (Å²) in [6.07, 6.45) is 8.33. The minimum absolute atomic E-state index is 0.0597. The molecule has 1 atom stereocenters. The Hall–Kier alpha value is -3.93. The molecule has 4 aliphatic rings. The van der Waals surface area contributed by atoms with Crippen molar-refractivity contribution >= 4 is 11.7 Å². The lowest BCUT2D eigenvalue weighted by Gasteiger charge is -2.57. The first-order chi connectivity index (χ1) is 21.7. The summed E-state index contributed by atoms with van der Waals surface area (Å²) >= 11 is 0. The molecular weight excluding hydrogens is 575 g/mol. The second kappa shape index (κ2) is 11.8. The van der Waals surface area contributed by atoms with Gasteiger partial charge in [-0.2, -0.15) is 4.98 Å². The summed E-state index contributed by atoms with van der Waals surface area (Å²) < 4.78 is 26.3. The van der Waals surface area contributed by atoms with E-state index in [0.717, 1.165) is 69.5 Å². The zero-order chi connectivity index (χ0) is 31.3. The minimum atomic E-state index is -0.379. The molecule has 7 rings (SSSR count). The number of carbonyl (C=O) groups excluding carboxylic acids is 1.